The lowest BCUT2D eigenvalue weighted by Crippen LogP contribution is -2.45. The zero-order valence-corrected chi connectivity index (χ0v) is 16.5. The molecule has 1 aromatic rings. The van der Waals surface area contributed by atoms with E-state index in [2.05, 4.69) is 10.6 Å². The average Bonchev–Trinajstić information content (AvgIpc) is 3.16. The minimum absolute atomic E-state index is 0.132. The van der Waals surface area contributed by atoms with Crippen molar-refractivity contribution in [1.82, 2.24) is 10.2 Å². The van der Waals surface area contributed by atoms with Crippen molar-refractivity contribution in [2.75, 3.05) is 31.5 Å². The molecule has 27 heavy (non-hydrogen) atoms. The SMILES string of the molecule is O=C(Nc1cccc(S(=O)(=O)C2CCCCC2)c1)N1CC[C@@H]2CNC[C@@H]2C1. The Kier molecular flexibility index (Phi) is 5.41. The van der Waals surface area contributed by atoms with Crippen LogP contribution in [-0.2, 0) is 9.84 Å². The first-order valence-electron chi connectivity index (χ1n) is 10.1. The van der Waals surface area contributed by atoms with Crippen molar-refractivity contribution >= 4 is 21.6 Å². The van der Waals surface area contributed by atoms with E-state index in [4.69, 9.17) is 0 Å². The zero-order valence-electron chi connectivity index (χ0n) is 15.7. The Labute approximate surface area is 161 Å². The van der Waals surface area contributed by atoms with Crippen LogP contribution in [0.4, 0.5) is 10.5 Å². The van der Waals surface area contributed by atoms with Crippen LogP contribution in [0.15, 0.2) is 29.2 Å². The highest BCUT2D eigenvalue weighted by molar-refractivity contribution is 7.92. The van der Waals surface area contributed by atoms with Crippen LogP contribution < -0.4 is 10.6 Å². The summed E-state index contributed by atoms with van der Waals surface area (Å²) in [6.45, 7) is 3.56. The van der Waals surface area contributed by atoms with Gasteiger partial charge in [0.15, 0.2) is 9.84 Å². The normalized spacial score (nSPS) is 26.6. The Morgan fingerprint density at radius 2 is 1.85 bits per heavy atom. The molecule has 0 unspecified atom stereocenters. The predicted molar refractivity (Wildman–Crippen MR) is 106 cm³/mol. The molecule has 3 aliphatic rings. The lowest BCUT2D eigenvalue weighted by atomic mass is 9.89. The Hall–Kier alpha value is -1.60. The number of fused-ring (bicyclic) bond motifs is 1. The second-order valence-corrected chi connectivity index (χ2v) is 10.4. The molecule has 2 N–H and O–H groups in total. The van der Waals surface area contributed by atoms with Crippen molar-refractivity contribution in [1.29, 1.82) is 0 Å². The largest absolute Gasteiger partial charge is 0.324 e. The molecule has 6 nitrogen and oxygen atoms in total. The number of hydrogen-bond acceptors (Lipinski definition) is 4. The molecule has 4 rings (SSSR count). The van der Waals surface area contributed by atoms with Gasteiger partial charge in [-0.2, -0.15) is 0 Å². The van der Waals surface area contributed by atoms with Gasteiger partial charge in [0.2, 0.25) is 0 Å². The molecule has 2 saturated heterocycles. The maximum atomic E-state index is 12.9. The minimum Gasteiger partial charge on any atom is -0.324 e. The van der Waals surface area contributed by atoms with Crippen LogP contribution in [-0.4, -0.2) is 50.8 Å². The van der Waals surface area contributed by atoms with Gasteiger partial charge in [0.25, 0.3) is 0 Å². The summed E-state index contributed by atoms with van der Waals surface area (Å²) in [5.74, 6) is 1.21. The van der Waals surface area contributed by atoms with E-state index in [1.165, 1.54) is 0 Å². The lowest BCUT2D eigenvalue weighted by molar-refractivity contribution is 0.161. The molecule has 1 aromatic carbocycles. The van der Waals surface area contributed by atoms with Crippen molar-refractivity contribution in [3.8, 4) is 0 Å². The third-order valence-electron chi connectivity index (χ3n) is 6.40. The van der Waals surface area contributed by atoms with E-state index in [9.17, 15) is 13.2 Å². The van der Waals surface area contributed by atoms with E-state index in [0.717, 1.165) is 64.7 Å². The maximum Gasteiger partial charge on any atom is 0.321 e. The number of hydrogen-bond donors (Lipinski definition) is 2. The molecule has 7 heteroatoms. The summed E-state index contributed by atoms with van der Waals surface area (Å²) in [5.41, 5.74) is 0.559. The number of nitrogens with zero attached hydrogens (tertiary/aromatic N) is 1. The summed E-state index contributed by atoms with van der Waals surface area (Å²) < 4.78 is 25.8. The molecule has 2 aliphatic heterocycles. The lowest BCUT2D eigenvalue weighted by Gasteiger charge is -2.34. The number of benzene rings is 1. The Bertz CT molecular complexity index is 789. The predicted octanol–water partition coefficient (Wildman–Crippen LogP) is 2.87. The van der Waals surface area contributed by atoms with Crippen molar-refractivity contribution < 1.29 is 13.2 Å². The minimum atomic E-state index is -3.33. The second-order valence-electron chi connectivity index (χ2n) is 8.18. The summed E-state index contributed by atoms with van der Waals surface area (Å²) in [7, 11) is -3.33. The molecule has 0 bridgehead atoms. The molecule has 2 heterocycles. The van der Waals surface area contributed by atoms with Crippen LogP contribution in [0, 0.1) is 11.8 Å². The summed E-state index contributed by atoms with van der Waals surface area (Å²) in [4.78, 5) is 14.8. The number of urea groups is 1. The number of nitrogens with one attached hydrogen (secondary N) is 2. The molecular formula is C20H29N3O3S. The van der Waals surface area contributed by atoms with Gasteiger partial charge in [-0.05, 0) is 62.4 Å². The molecule has 1 saturated carbocycles. The van der Waals surface area contributed by atoms with Crippen molar-refractivity contribution in [3.05, 3.63) is 24.3 Å². The fourth-order valence-corrected chi connectivity index (χ4v) is 6.64. The third-order valence-corrected chi connectivity index (χ3v) is 8.66. The fourth-order valence-electron chi connectivity index (χ4n) is 4.74. The van der Waals surface area contributed by atoms with Crippen molar-refractivity contribution in [2.45, 2.75) is 48.7 Å². The molecule has 0 radical (unpaired) electrons. The molecule has 0 spiro atoms. The monoisotopic (exact) mass is 391 g/mol. The van der Waals surface area contributed by atoms with Gasteiger partial charge in [-0.25, -0.2) is 13.2 Å². The molecule has 1 aliphatic carbocycles. The number of carbonyl (C=O) groups is 1. The van der Waals surface area contributed by atoms with Gasteiger partial charge in [-0.1, -0.05) is 25.3 Å². The van der Waals surface area contributed by atoms with Gasteiger partial charge in [0, 0.05) is 18.8 Å². The first-order chi connectivity index (χ1) is 13.0. The van der Waals surface area contributed by atoms with Gasteiger partial charge < -0.3 is 15.5 Å². The van der Waals surface area contributed by atoms with Crippen LogP contribution in [0.2, 0.25) is 0 Å². The highest BCUT2D eigenvalue weighted by atomic mass is 32.2. The Morgan fingerprint density at radius 1 is 1.07 bits per heavy atom. The smallest absolute Gasteiger partial charge is 0.321 e. The first-order valence-corrected chi connectivity index (χ1v) is 11.7. The Morgan fingerprint density at radius 3 is 2.67 bits per heavy atom. The molecule has 0 aromatic heterocycles. The molecule has 3 fully saturated rings. The molecule has 148 valence electrons. The van der Waals surface area contributed by atoms with Gasteiger partial charge in [0.1, 0.15) is 0 Å². The van der Waals surface area contributed by atoms with Crippen LogP contribution >= 0.6 is 0 Å². The van der Waals surface area contributed by atoms with E-state index in [1.54, 1.807) is 24.3 Å². The van der Waals surface area contributed by atoms with E-state index >= 15 is 0 Å². The highest BCUT2D eigenvalue weighted by Gasteiger charge is 2.34. The molecular weight excluding hydrogens is 362 g/mol. The molecule has 2 amide bonds. The number of anilines is 1. The number of carbonyl (C=O) groups excluding carboxylic acids is 1. The van der Waals surface area contributed by atoms with Crippen LogP contribution in [0.25, 0.3) is 0 Å². The van der Waals surface area contributed by atoms with E-state index in [1.807, 2.05) is 4.90 Å². The number of piperidine rings is 1. The van der Waals surface area contributed by atoms with Crippen LogP contribution in [0.1, 0.15) is 38.5 Å². The van der Waals surface area contributed by atoms with E-state index in [-0.39, 0.29) is 11.3 Å². The summed E-state index contributed by atoms with van der Waals surface area (Å²) in [5, 5.41) is 6.03. The number of likely N-dealkylation sites (tertiary alicyclic amines) is 1. The third kappa shape index (κ3) is 3.99. The van der Waals surface area contributed by atoms with E-state index in [0.29, 0.717) is 22.4 Å². The van der Waals surface area contributed by atoms with Crippen molar-refractivity contribution in [2.24, 2.45) is 11.8 Å². The van der Waals surface area contributed by atoms with Gasteiger partial charge in [-0.3, -0.25) is 0 Å². The number of sulfone groups is 1. The van der Waals surface area contributed by atoms with Crippen LogP contribution in [0.5, 0.6) is 0 Å². The highest BCUT2D eigenvalue weighted by Crippen LogP contribution is 2.30. The Balaban J connectivity index is 1.44. The standard InChI is InChI=1S/C20H29N3O3S/c24-20(23-10-9-15-12-21-13-16(15)14-23)22-17-5-4-8-19(11-17)27(25,26)18-6-2-1-3-7-18/h4-5,8,11,15-16,18,21H,1-3,6-7,9-10,12-14H2,(H,22,24)/t15-,16-/m1/s1. The van der Waals surface area contributed by atoms with Gasteiger partial charge in [-0.15, -0.1) is 0 Å². The number of rotatable bonds is 3. The van der Waals surface area contributed by atoms with Crippen molar-refractivity contribution in [3.63, 3.8) is 0 Å². The second kappa shape index (κ2) is 7.80. The zero-order chi connectivity index (χ0) is 18.9. The average molecular weight is 392 g/mol. The maximum absolute atomic E-state index is 12.9. The summed E-state index contributed by atoms with van der Waals surface area (Å²) in [6.07, 6.45) is 5.59. The van der Waals surface area contributed by atoms with Crippen LogP contribution in [0.3, 0.4) is 0 Å². The van der Waals surface area contributed by atoms with Gasteiger partial charge in [0.05, 0.1) is 10.1 Å². The van der Waals surface area contributed by atoms with Gasteiger partial charge >= 0.3 is 6.03 Å². The molecule has 2 atom stereocenters. The fraction of sp³-hybridized carbons (Fsp3) is 0.650. The first kappa shape index (κ1) is 18.7. The topological polar surface area (TPSA) is 78.5 Å². The number of amides is 2. The summed E-state index contributed by atoms with van der Waals surface area (Å²) in [6, 6.07) is 6.62. The quantitative estimate of drug-likeness (QED) is 0.830. The van der Waals surface area contributed by atoms with E-state index < -0.39 is 9.84 Å². The summed E-state index contributed by atoms with van der Waals surface area (Å²) >= 11 is 0.